The molecule has 3 aromatic rings. The number of benzene rings is 2. The summed E-state index contributed by atoms with van der Waals surface area (Å²) in [5.41, 5.74) is 1.60. The van der Waals surface area contributed by atoms with Crippen LogP contribution < -0.4 is 4.74 Å². The van der Waals surface area contributed by atoms with Gasteiger partial charge in [0.05, 0.1) is 26.9 Å². The van der Waals surface area contributed by atoms with Crippen molar-refractivity contribution in [3.63, 3.8) is 0 Å². The number of piperidine rings is 1. The lowest BCUT2D eigenvalue weighted by atomic mass is 9.98. The Bertz CT molecular complexity index is 989. The monoisotopic (exact) mass is 391 g/mol. The number of hydrogen-bond donors (Lipinski definition) is 0. The Balaban J connectivity index is 1.42. The van der Waals surface area contributed by atoms with Gasteiger partial charge in [0.2, 0.25) is 0 Å². The minimum absolute atomic E-state index is 0.00447. The summed E-state index contributed by atoms with van der Waals surface area (Å²) in [6.45, 7) is 3.21. The zero-order valence-electron chi connectivity index (χ0n) is 15.7. The largest absolute Gasteiger partial charge is 0.481 e. The van der Waals surface area contributed by atoms with E-state index in [2.05, 4.69) is 12.1 Å². The maximum atomic E-state index is 12.9. The lowest BCUT2D eigenvalue weighted by Crippen LogP contribution is -2.45. The van der Waals surface area contributed by atoms with Crippen molar-refractivity contribution in [3.05, 3.63) is 59.1 Å². The molecule has 0 radical (unpaired) electrons. The highest BCUT2D eigenvalue weighted by Crippen LogP contribution is 2.33. The van der Waals surface area contributed by atoms with Crippen LogP contribution in [0.25, 0.3) is 10.2 Å². The van der Waals surface area contributed by atoms with E-state index in [9.17, 15) is 4.79 Å². The van der Waals surface area contributed by atoms with Crippen LogP contribution in [0.3, 0.4) is 0 Å². The van der Waals surface area contributed by atoms with Crippen LogP contribution >= 0.6 is 11.3 Å². The number of nitrogens with zero attached hydrogens (tertiary/aromatic N) is 3. The van der Waals surface area contributed by atoms with Crippen molar-refractivity contribution >= 4 is 27.5 Å². The number of amides is 1. The van der Waals surface area contributed by atoms with Gasteiger partial charge in [-0.2, -0.15) is 5.26 Å². The molecule has 142 valence electrons. The minimum Gasteiger partial charge on any atom is -0.481 e. The summed E-state index contributed by atoms with van der Waals surface area (Å²) in [7, 11) is 0. The fourth-order valence-electron chi connectivity index (χ4n) is 3.56. The predicted molar refractivity (Wildman–Crippen MR) is 109 cm³/mol. The molecule has 4 rings (SSSR count). The zero-order chi connectivity index (χ0) is 19.5. The third kappa shape index (κ3) is 3.85. The molecule has 0 spiro atoms. The molecule has 0 aliphatic carbocycles. The van der Waals surface area contributed by atoms with E-state index < -0.39 is 6.10 Å². The van der Waals surface area contributed by atoms with Gasteiger partial charge in [0.1, 0.15) is 5.75 Å². The van der Waals surface area contributed by atoms with Gasteiger partial charge >= 0.3 is 0 Å². The van der Waals surface area contributed by atoms with Crippen LogP contribution in [0.4, 0.5) is 0 Å². The second kappa shape index (κ2) is 7.99. The molecule has 6 heteroatoms. The summed E-state index contributed by atoms with van der Waals surface area (Å²) in [4.78, 5) is 19.6. The first-order valence-corrected chi connectivity index (χ1v) is 10.3. The molecule has 2 aromatic carbocycles. The van der Waals surface area contributed by atoms with Gasteiger partial charge in [0.25, 0.3) is 5.91 Å². The Labute approximate surface area is 168 Å². The first-order valence-electron chi connectivity index (χ1n) is 9.45. The van der Waals surface area contributed by atoms with Crippen LogP contribution in [-0.2, 0) is 4.79 Å². The number of fused-ring (bicyclic) bond motifs is 1. The number of nitriles is 1. The molecule has 0 N–H and O–H groups in total. The molecule has 1 fully saturated rings. The van der Waals surface area contributed by atoms with Crippen LogP contribution in [0, 0.1) is 11.3 Å². The van der Waals surface area contributed by atoms with E-state index in [-0.39, 0.29) is 11.8 Å². The fourth-order valence-corrected chi connectivity index (χ4v) is 4.66. The summed E-state index contributed by atoms with van der Waals surface area (Å²) < 4.78 is 7.00. The lowest BCUT2D eigenvalue weighted by Gasteiger charge is -2.33. The number of carbonyl (C=O) groups is 1. The van der Waals surface area contributed by atoms with Gasteiger partial charge in [-0.25, -0.2) is 4.98 Å². The summed E-state index contributed by atoms with van der Waals surface area (Å²) in [6.07, 6.45) is 1.45. The quantitative estimate of drug-likeness (QED) is 0.663. The van der Waals surface area contributed by atoms with E-state index in [1.165, 1.54) is 4.70 Å². The van der Waals surface area contributed by atoms with Crippen LogP contribution in [0.15, 0.2) is 48.5 Å². The van der Waals surface area contributed by atoms with Gasteiger partial charge in [0.15, 0.2) is 6.10 Å². The molecule has 0 saturated carbocycles. The SMILES string of the molecule is C[C@H](Oc1ccc(C#N)cc1)C(=O)N1CCC[C@H](c2nc3ccccc3s2)C1. The molecule has 0 bridgehead atoms. The van der Waals surface area contributed by atoms with Crippen LogP contribution in [-0.4, -0.2) is 35.0 Å². The van der Waals surface area contributed by atoms with Gasteiger partial charge in [-0.05, 0) is 56.2 Å². The van der Waals surface area contributed by atoms with E-state index in [0.29, 0.717) is 17.9 Å². The molecular formula is C22H21N3O2S. The van der Waals surface area contributed by atoms with Crippen molar-refractivity contribution in [2.75, 3.05) is 13.1 Å². The smallest absolute Gasteiger partial charge is 0.263 e. The Morgan fingerprint density at radius 3 is 2.82 bits per heavy atom. The summed E-state index contributed by atoms with van der Waals surface area (Å²) >= 11 is 1.73. The maximum absolute atomic E-state index is 12.9. The van der Waals surface area contributed by atoms with Gasteiger partial charge in [-0.3, -0.25) is 4.79 Å². The second-order valence-corrected chi connectivity index (χ2v) is 8.10. The Hall–Kier alpha value is -2.91. The fraction of sp³-hybridized carbons (Fsp3) is 0.318. The Morgan fingerprint density at radius 2 is 2.07 bits per heavy atom. The highest BCUT2D eigenvalue weighted by molar-refractivity contribution is 7.18. The lowest BCUT2D eigenvalue weighted by molar-refractivity contribution is -0.139. The first kappa shape index (κ1) is 18.5. The normalized spacial score (nSPS) is 17.9. The summed E-state index contributed by atoms with van der Waals surface area (Å²) in [6, 6.07) is 17.1. The number of rotatable bonds is 4. The molecule has 1 aliphatic heterocycles. The molecule has 1 saturated heterocycles. The van der Waals surface area contributed by atoms with Crippen molar-refractivity contribution in [2.45, 2.75) is 31.8 Å². The van der Waals surface area contributed by atoms with Crippen LogP contribution in [0.5, 0.6) is 5.75 Å². The average molecular weight is 391 g/mol. The van der Waals surface area contributed by atoms with E-state index in [1.54, 1.807) is 42.5 Å². The molecule has 1 aromatic heterocycles. The van der Waals surface area contributed by atoms with E-state index >= 15 is 0 Å². The number of carbonyl (C=O) groups excluding carboxylic acids is 1. The van der Waals surface area contributed by atoms with Crippen molar-refractivity contribution < 1.29 is 9.53 Å². The van der Waals surface area contributed by atoms with Gasteiger partial charge < -0.3 is 9.64 Å². The summed E-state index contributed by atoms with van der Waals surface area (Å²) in [5.74, 6) is 0.868. The second-order valence-electron chi connectivity index (χ2n) is 7.04. The minimum atomic E-state index is -0.568. The van der Waals surface area contributed by atoms with Crippen LogP contribution in [0.1, 0.15) is 36.3 Å². The van der Waals surface area contributed by atoms with Crippen molar-refractivity contribution in [3.8, 4) is 11.8 Å². The molecule has 2 atom stereocenters. The third-order valence-corrected chi connectivity index (χ3v) is 6.24. The highest BCUT2D eigenvalue weighted by Gasteiger charge is 2.30. The molecule has 1 amide bonds. The Kier molecular flexibility index (Phi) is 5.27. The number of para-hydroxylation sites is 1. The first-order chi connectivity index (χ1) is 13.6. The number of hydrogen-bond acceptors (Lipinski definition) is 5. The van der Waals surface area contributed by atoms with Gasteiger partial charge in [-0.15, -0.1) is 11.3 Å². The highest BCUT2D eigenvalue weighted by atomic mass is 32.1. The van der Waals surface area contributed by atoms with E-state index in [4.69, 9.17) is 15.0 Å². The average Bonchev–Trinajstić information content (AvgIpc) is 3.18. The number of likely N-dealkylation sites (tertiary alicyclic amines) is 1. The topological polar surface area (TPSA) is 66.2 Å². The molecule has 1 aliphatic rings. The molecule has 5 nitrogen and oxygen atoms in total. The molecule has 2 heterocycles. The standard InChI is InChI=1S/C22H21N3O2S/c1-15(27-18-10-8-16(13-23)9-11-18)22(26)25-12-4-5-17(14-25)21-24-19-6-2-3-7-20(19)28-21/h2-3,6-11,15,17H,4-5,12,14H2,1H3/t15-,17-/m0/s1. The van der Waals surface area contributed by atoms with E-state index in [1.807, 2.05) is 23.1 Å². The van der Waals surface area contributed by atoms with Crippen LogP contribution in [0.2, 0.25) is 0 Å². The number of aromatic nitrogens is 1. The molecular weight excluding hydrogens is 370 g/mol. The number of thiazole rings is 1. The van der Waals surface area contributed by atoms with Crippen molar-refractivity contribution in [1.82, 2.24) is 9.88 Å². The molecule has 0 unspecified atom stereocenters. The van der Waals surface area contributed by atoms with Gasteiger partial charge in [0, 0.05) is 19.0 Å². The molecule has 28 heavy (non-hydrogen) atoms. The maximum Gasteiger partial charge on any atom is 0.263 e. The van der Waals surface area contributed by atoms with Crippen molar-refractivity contribution in [2.24, 2.45) is 0 Å². The Morgan fingerprint density at radius 1 is 1.29 bits per heavy atom. The summed E-state index contributed by atoms with van der Waals surface area (Å²) in [5, 5.41) is 9.99. The van der Waals surface area contributed by atoms with Gasteiger partial charge in [-0.1, -0.05) is 12.1 Å². The predicted octanol–water partition coefficient (Wildman–Crippen LogP) is 4.34. The van der Waals surface area contributed by atoms with E-state index in [0.717, 1.165) is 29.9 Å². The number of ether oxygens (including phenoxy) is 1. The van der Waals surface area contributed by atoms with Crippen molar-refractivity contribution in [1.29, 1.82) is 5.26 Å². The third-order valence-electron chi connectivity index (χ3n) is 5.04. The zero-order valence-corrected chi connectivity index (χ0v) is 16.5.